The van der Waals surface area contributed by atoms with E-state index < -0.39 is 0 Å². The van der Waals surface area contributed by atoms with Crippen LogP contribution in [-0.2, 0) is 14.3 Å². The Morgan fingerprint density at radius 3 is 2.90 bits per heavy atom. The second-order valence-corrected chi connectivity index (χ2v) is 5.77. The number of hydrogen-bond acceptors (Lipinski definition) is 4. The van der Waals surface area contributed by atoms with Crippen LogP contribution in [0.25, 0.3) is 0 Å². The molecule has 2 amide bonds. The van der Waals surface area contributed by atoms with Gasteiger partial charge in [-0.2, -0.15) is 5.10 Å². The molecule has 0 aromatic carbocycles. The molecule has 21 heavy (non-hydrogen) atoms. The van der Waals surface area contributed by atoms with Crippen LogP contribution in [0.5, 0.6) is 0 Å². The van der Waals surface area contributed by atoms with Gasteiger partial charge in [-0.15, -0.1) is 0 Å². The molecule has 1 saturated carbocycles. The third-order valence-electron chi connectivity index (χ3n) is 4.06. The number of nitrogens with zero attached hydrogens (tertiary/aromatic N) is 1. The third kappa shape index (κ3) is 3.24. The van der Waals surface area contributed by atoms with E-state index in [4.69, 9.17) is 4.74 Å². The smallest absolute Gasteiger partial charge is 0.254 e. The topological polar surface area (TPSA) is 96.1 Å². The van der Waals surface area contributed by atoms with Crippen molar-refractivity contribution < 1.29 is 14.3 Å². The summed E-state index contributed by atoms with van der Waals surface area (Å²) in [6, 6.07) is 2.11. The highest BCUT2D eigenvalue weighted by Gasteiger charge is 2.32. The quantitative estimate of drug-likeness (QED) is 0.768. The number of anilines is 1. The molecule has 1 unspecified atom stereocenters. The molecule has 2 fully saturated rings. The number of carbonyl (C=O) groups is 2. The Bertz CT molecular complexity index is 530. The zero-order valence-corrected chi connectivity index (χ0v) is 12.0. The molecule has 0 spiro atoms. The molecule has 1 aliphatic heterocycles. The Hall–Kier alpha value is -1.89. The molecule has 0 bridgehead atoms. The van der Waals surface area contributed by atoms with Crippen LogP contribution in [0, 0.1) is 0 Å². The molecule has 2 heterocycles. The molecule has 3 rings (SSSR count). The highest BCUT2D eigenvalue weighted by molar-refractivity contribution is 5.93. The van der Waals surface area contributed by atoms with Crippen LogP contribution in [0.4, 0.5) is 5.82 Å². The summed E-state index contributed by atoms with van der Waals surface area (Å²) in [5.74, 6) is 0.777. The summed E-state index contributed by atoms with van der Waals surface area (Å²) in [6.45, 7) is 2.18. The van der Waals surface area contributed by atoms with Crippen molar-refractivity contribution in [3.8, 4) is 0 Å². The second-order valence-electron chi connectivity index (χ2n) is 5.77. The first-order valence-corrected chi connectivity index (χ1v) is 7.36. The zero-order chi connectivity index (χ0) is 14.8. The van der Waals surface area contributed by atoms with Crippen LogP contribution >= 0.6 is 0 Å². The molecule has 2 aliphatic rings. The van der Waals surface area contributed by atoms with E-state index in [2.05, 4.69) is 20.8 Å². The second kappa shape index (κ2) is 5.85. The molecule has 1 aromatic heterocycles. The molecular formula is C14H20N4O3. The number of carbonyl (C=O) groups excluding carboxylic acids is 2. The van der Waals surface area contributed by atoms with Crippen molar-refractivity contribution in [2.45, 2.75) is 50.7 Å². The van der Waals surface area contributed by atoms with Crippen LogP contribution in [0.3, 0.4) is 0 Å². The summed E-state index contributed by atoms with van der Waals surface area (Å²) in [5, 5.41) is 12.7. The van der Waals surface area contributed by atoms with Gasteiger partial charge in [0, 0.05) is 37.3 Å². The average Bonchev–Trinajstić information content (AvgIpc) is 3.04. The lowest BCUT2D eigenvalue weighted by Crippen LogP contribution is -2.42. The minimum Gasteiger partial charge on any atom is -0.368 e. The number of H-pyrrole nitrogens is 1. The average molecular weight is 292 g/mol. The normalized spacial score (nSPS) is 28.0. The van der Waals surface area contributed by atoms with Crippen molar-refractivity contribution in [3.63, 3.8) is 0 Å². The highest BCUT2D eigenvalue weighted by Crippen LogP contribution is 2.36. The summed E-state index contributed by atoms with van der Waals surface area (Å²) in [6.07, 6.45) is 3.15. The summed E-state index contributed by atoms with van der Waals surface area (Å²) < 4.78 is 5.33. The van der Waals surface area contributed by atoms with Gasteiger partial charge < -0.3 is 15.4 Å². The number of amides is 2. The molecule has 114 valence electrons. The van der Waals surface area contributed by atoms with Gasteiger partial charge in [-0.3, -0.25) is 14.7 Å². The van der Waals surface area contributed by atoms with Crippen LogP contribution in [0.15, 0.2) is 6.07 Å². The van der Waals surface area contributed by atoms with Crippen LogP contribution in [0.2, 0.25) is 0 Å². The minimum absolute atomic E-state index is 0.00702. The summed E-state index contributed by atoms with van der Waals surface area (Å²) in [5.41, 5.74) is 0.999. The van der Waals surface area contributed by atoms with E-state index in [1.54, 1.807) is 0 Å². The maximum Gasteiger partial charge on any atom is 0.254 e. The van der Waals surface area contributed by atoms with E-state index in [-0.39, 0.29) is 24.0 Å². The molecule has 3 N–H and O–H groups in total. The Labute approximate surface area is 122 Å². The van der Waals surface area contributed by atoms with Gasteiger partial charge in [0.2, 0.25) is 5.91 Å². The van der Waals surface area contributed by atoms with Crippen LogP contribution < -0.4 is 10.6 Å². The van der Waals surface area contributed by atoms with Crippen LogP contribution in [-0.4, -0.2) is 40.8 Å². The van der Waals surface area contributed by atoms with Crippen molar-refractivity contribution in [1.82, 2.24) is 15.5 Å². The van der Waals surface area contributed by atoms with Gasteiger partial charge in [-0.1, -0.05) is 0 Å². The van der Waals surface area contributed by atoms with Gasteiger partial charge in [0.15, 0.2) is 5.82 Å². The van der Waals surface area contributed by atoms with Gasteiger partial charge in [0.1, 0.15) is 6.10 Å². The van der Waals surface area contributed by atoms with E-state index in [1.807, 2.05) is 6.07 Å². The van der Waals surface area contributed by atoms with Gasteiger partial charge in [-0.25, -0.2) is 0 Å². The van der Waals surface area contributed by atoms with Crippen molar-refractivity contribution in [2.24, 2.45) is 0 Å². The Balaban J connectivity index is 1.50. The molecule has 1 aromatic rings. The number of hydrogen-bond donors (Lipinski definition) is 3. The standard InChI is InChI=1S/C14H20N4O3/c1-8(19)15-10-5-9(6-10)11-7-13(18-17-11)16-14(20)12-3-2-4-21-12/h7,9-10,12H,2-6H2,1H3,(H,15,19)(H2,16,17,18,20). The number of aromatic nitrogens is 2. The number of aromatic amines is 1. The SMILES string of the molecule is CC(=O)NC1CC(c2cc(NC(=O)C3CCCO3)n[nH]2)C1. The Morgan fingerprint density at radius 1 is 1.43 bits per heavy atom. The first-order valence-electron chi connectivity index (χ1n) is 7.36. The fourth-order valence-corrected chi connectivity index (χ4v) is 2.88. The fourth-order valence-electron chi connectivity index (χ4n) is 2.88. The van der Waals surface area contributed by atoms with Gasteiger partial charge in [-0.05, 0) is 25.7 Å². The number of nitrogens with one attached hydrogen (secondary N) is 3. The predicted octanol–water partition coefficient (Wildman–Crippen LogP) is 0.909. The van der Waals surface area contributed by atoms with Gasteiger partial charge in [0.05, 0.1) is 0 Å². The molecule has 1 atom stereocenters. The first-order chi connectivity index (χ1) is 10.1. The van der Waals surface area contributed by atoms with E-state index in [0.29, 0.717) is 18.3 Å². The van der Waals surface area contributed by atoms with Crippen molar-refractivity contribution in [1.29, 1.82) is 0 Å². The fraction of sp³-hybridized carbons (Fsp3) is 0.643. The summed E-state index contributed by atoms with van der Waals surface area (Å²) >= 11 is 0. The van der Waals surface area contributed by atoms with E-state index in [0.717, 1.165) is 31.4 Å². The molecular weight excluding hydrogens is 272 g/mol. The van der Waals surface area contributed by atoms with Gasteiger partial charge in [0.25, 0.3) is 5.91 Å². The lowest BCUT2D eigenvalue weighted by molar-refractivity contribution is -0.124. The maximum absolute atomic E-state index is 11.9. The molecule has 7 nitrogen and oxygen atoms in total. The molecule has 1 saturated heterocycles. The molecule has 1 aliphatic carbocycles. The zero-order valence-electron chi connectivity index (χ0n) is 12.0. The van der Waals surface area contributed by atoms with Crippen LogP contribution in [0.1, 0.15) is 44.2 Å². The highest BCUT2D eigenvalue weighted by atomic mass is 16.5. The Kier molecular flexibility index (Phi) is 3.92. The minimum atomic E-state index is -0.349. The Morgan fingerprint density at radius 2 is 2.24 bits per heavy atom. The summed E-state index contributed by atoms with van der Waals surface area (Å²) in [4.78, 5) is 22.9. The van der Waals surface area contributed by atoms with Crippen molar-refractivity contribution in [2.75, 3.05) is 11.9 Å². The predicted molar refractivity (Wildman–Crippen MR) is 75.8 cm³/mol. The largest absolute Gasteiger partial charge is 0.368 e. The number of rotatable bonds is 4. The lowest BCUT2D eigenvalue weighted by Gasteiger charge is -2.34. The monoisotopic (exact) mass is 292 g/mol. The maximum atomic E-state index is 11.9. The molecule has 7 heteroatoms. The van der Waals surface area contributed by atoms with E-state index in [1.165, 1.54) is 6.92 Å². The van der Waals surface area contributed by atoms with E-state index in [9.17, 15) is 9.59 Å². The summed E-state index contributed by atoms with van der Waals surface area (Å²) in [7, 11) is 0. The third-order valence-corrected chi connectivity index (χ3v) is 4.06. The van der Waals surface area contributed by atoms with E-state index >= 15 is 0 Å². The molecule has 0 radical (unpaired) electrons. The van der Waals surface area contributed by atoms with Crippen molar-refractivity contribution in [3.05, 3.63) is 11.8 Å². The lowest BCUT2D eigenvalue weighted by atomic mass is 9.78. The number of ether oxygens (including phenoxy) is 1. The first kappa shape index (κ1) is 14.1. The van der Waals surface area contributed by atoms with Crippen molar-refractivity contribution >= 4 is 17.6 Å². The van der Waals surface area contributed by atoms with Gasteiger partial charge >= 0.3 is 0 Å².